The van der Waals surface area contributed by atoms with Crippen LogP contribution in [0.15, 0.2) is 0 Å². The fourth-order valence-electron chi connectivity index (χ4n) is 1.49. The molecule has 0 amide bonds. The summed E-state index contributed by atoms with van der Waals surface area (Å²) in [5, 5.41) is 2.83. The lowest BCUT2D eigenvalue weighted by Gasteiger charge is -2.24. The molecule has 0 aromatic heterocycles. The molecule has 1 unspecified atom stereocenters. The van der Waals surface area contributed by atoms with Crippen molar-refractivity contribution in [1.82, 2.24) is 5.32 Å². The lowest BCUT2D eigenvalue weighted by Crippen LogP contribution is -2.41. The van der Waals surface area contributed by atoms with E-state index in [4.69, 9.17) is 0 Å². The smallest absolute Gasteiger partial charge is 0.253 e. The van der Waals surface area contributed by atoms with Crippen LogP contribution in [0.4, 0.5) is 8.78 Å². The Balaban J connectivity index is 4.05. The van der Waals surface area contributed by atoms with Gasteiger partial charge >= 0.3 is 0 Å². The van der Waals surface area contributed by atoms with Gasteiger partial charge in [-0.1, -0.05) is 33.6 Å². The Hall–Kier alpha value is -0.180. The SMILES string of the molecule is CCNC(C(F)F)C(CC)CC. The second-order valence-corrected chi connectivity index (χ2v) is 2.99. The van der Waals surface area contributed by atoms with Crippen molar-refractivity contribution in [2.75, 3.05) is 6.54 Å². The van der Waals surface area contributed by atoms with Crippen LogP contribution in [0.3, 0.4) is 0 Å². The second kappa shape index (κ2) is 6.35. The summed E-state index contributed by atoms with van der Waals surface area (Å²) in [6.45, 7) is 6.39. The first-order chi connectivity index (χ1) is 5.67. The van der Waals surface area contributed by atoms with E-state index in [-0.39, 0.29) is 5.92 Å². The van der Waals surface area contributed by atoms with E-state index in [0.717, 1.165) is 12.8 Å². The van der Waals surface area contributed by atoms with Crippen LogP contribution in [0, 0.1) is 5.92 Å². The molecule has 0 aliphatic carbocycles. The third kappa shape index (κ3) is 3.48. The van der Waals surface area contributed by atoms with E-state index < -0.39 is 12.5 Å². The van der Waals surface area contributed by atoms with Gasteiger partial charge in [-0.05, 0) is 12.5 Å². The van der Waals surface area contributed by atoms with Gasteiger partial charge in [-0.2, -0.15) is 0 Å². The van der Waals surface area contributed by atoms with Crippen molar-refractivity contribution in [2.45, 2.75) is 46.1 Å². The van der Waals surface area contributed by atoms with Crippen LogP contribution in [-0.4, -0.2) is 19.0 Å². The molecule has 12 heavy (non-hydrogen) atoms. The Morgan fingerprint density at radius 2 is 1.58 bits per heavy atom. The van der Waals surface area contributed by atoms with Gasteiger partial charge in [-0.15, -0.1) is 0 Å². The molecule has 74 valence electrons. The highest BCUT2D eigenvalue weighted by atomic mass is 19.3. The number of halogens is 2. The molecule has 1 nitrogen and oxygen atoms in total. The quantitative estimate of drug-likeness (QED) is 0.661. The van der Waals surface area contributed by atoms with Crippen LogP contribution in [0.5, 0.6) is 0 Å². The number of nitrogens with one attached hydrogen (secondary N) is 1. The number of alkyl halides is 2. The fourth-order valence-corrected chi connectivity index (χ4v) is 1.49. The third-order valence-corrected chi connectivity index (χ3v) is 2.27. The van der Waals surface area contributed by atoms with E-state index in [1.807, 2.05) is 20.8 Å². The van der Waals surface area contributed by atoms with Crippen molar-refractivity contribution < 1.29 is 8.78 Å². The molecule has 0 aliphatic rings. The molecule has 0 bridgehead atoms. The van der Waals surface area contributed by atoms with Crippen molar-refractivity contribution in [3.8, 4) is 0 Å². The molecule has 0 spiro atoms. The Morgan fingerprint density at radius 1 is 1.08 bits per heavy atom. The van der Waals surface area contributed by atoms with Gasteiger partial charge in [0.05, 0.1) is 6.04 Å². The Labute approximate surface area is 73.5 Å². The molecule has 1 N–H and O–H groups in total. The summed E-state index contributed by atoms with van der Waals surface area (Å²) < 4.78 is 24.9. The van der Waals surface area contributed by atoms with E-state index in [9.17, 15) is 8.78 Å². The molecule has 1 atom stereocenters. The minimum Gasteiger partial charge on any atom is -0.309 e. The predicted octanol–water partition coefficient (Wildman–Crippen LogP) is 2.67. The van der Waals surface area contributed by atoms with Crippen molar-refractivity contribution in [3.05, 3.63) is 0 Å². The van der Waals surface area contributed by atoms with Crippen LogP contribution >= 0.6 is 0 Å². The fraction of sp³-hybridized carbons (Fsp3) is 1.00. The zero-order valence-corrected chi connectivity index (χ0v) is 8.11. The standard InChI is InChI=1S/C9H19F2N/c1-4-7(5-2)8(9(10)11)12-6-3/h7-9,12H,4-6H2,1-3H3. The number of hydrogen-bond donors (Lipinski definition) is 1. The Morgan fingerprint density at radius 3 is 1.83 bits per heavy atom. The number of hydrogen-bond acceptors (Lipinski definition) is 1. The van der Waals surface area contributed by atoms with Gasteiger partial charge in [0.25, 0.3) is 6.43 Å². The summed E-state index contributed by atoms with van der Waals surface area (Å²) >= 11 is 0. The van der Waals surface area contributed by atoms with Gasteiger partial charge in [-0.25, -0.2) is 8.78 Å². The molecule has 0 saturated heterocycles. The summed E-state index contributed by atoms with van der Waals surface area (Å²) in [6.07, 6.45) is -0.605. The minimum absolute atomic E-state index is 0.102. The first-order valence-corrected chi connectivity index (χ1v) is 4.68. The van der Waals surface area contributed by atoms with Crippen LogP contribution in [0.2, 0.25) is 0 Å². The predicted molar refractivity (Wildman–Crippen MR) is 47.5 cm³/mol. The first-order valence-electron chi connectivity index (χ1n) is 4.68. The summed E-state index contributed by atoms with van der Waals surface area (Å²) in [5.74, 6) is 0.102. The molecule has 0 aliphatic heterocycles. The average molecular weight is 179 g/mol. The van der Waals surface area contributed by atoms with Crippen LogP contribution in [0.25, 0.3) is 0 Å². The monoisotopic (exact) mass is 179 g/mol. The van der Waals surface area contributed by atoms with Gasteiger partial charge in [0, 0.05) is 0 Å². The molecular weight excluding hydrogens is 160 g/mol. The highest BCUT2D eigenvalue weighted by Gasteiger charge is 2.25. The lowest BCUT2D eigenvalue weighted by molar-refractivity contribution is 0.0671. The average Bonchev–Trinajstić information content (AvgIpc) is 2.05. The number of rotatable bonds is 6. The van der Waals surface area contributed by atoms with Crippen molar-refractivity contribution >= 4 is 0 Å². The summed E-state index contributed by atoms with van der Waals surface area (Å²) in [6, 6.07) is -0.620. The first kappa shape index (κ1) is 11.8. The van der Waals surface area contributed by atoms with Crippen molar-refractivity contribution in [2.24, 2.45) is 5.92 Å². The molecule has 0 aromatic carbocycles. The molecule has 0 radical (unpaired) electrons. The van der Waals surface area contributed by atoms with Crippen molar-refractivity contribution in [1.29, 1.82) is 0 Å². The van der Waals surface area contributed by atoms with E-state index in [1.54, 1.807) is 0 Å². The van der Waals surface area contributed by atoms with E-state index in [0.29, 0.717) is 6.54 Å². The zero-order chi connectivity index (χ0) is 9.56. The minimum atomic E-state index is -2.24. The van der Waals surface area contributed by atoms with Gasteiger partial charge in [-0.3, -0.25) is 0 Å². The molecule has 0 fully saturated rings. The third-order valence-electron chi connectivity index (χ3n) is 2.27. The summed E-state index contributed by atoms with van der Waals surface area (Å²) in [4.78, 5) is 0. The van der Waals surface area contributed by atoms with Gasteiger partial charge in [0.2, 0.25) is 0 Å². The van der Waals surface area contributed by atoms with Gasteiger partial charge in [0.15, 0.2) is 0 Å². The Bertz CT molecular complexity index is 103. The van der Waals surface area contributed by atoms with Crippen LogP contribution in [-0.2, 0) is 0 Å². The lowest BCUT2D eigenvalue weighted by atomic mass is 9.94. The van der Waals surface area contributed by atoms with E-state index >= 15 is 0 Å². The summed E-state index contributed by atoms with van der Waals surface area (Å²) in [7, 11) is 0. The van der Waals surface area contributed by atoms with Crippen LogP contribution in [0.1, 0.15) is 33.6 Å². The zero-order valence-electron chi connectivity index (χ0n) is 8.11. The largest absolute Gasteiger partial charge is 0.309 e. The molecule has 0 rings (SSSR count). The molecule has 0 saturated carbocycles. The topological polar surface area (TPSA) is 12.0 Å². The Kier molecular flexibility index (Phi) is 6.25. The highest BCUT2D eigenvalue weighted by molar-refractivity contribution is 4.76. The second-order valence-electron chi connectivity index (χ2n) is 2.99. The van der Waals surface area contributed by atoms with Gasteiger partial charge in [0.1, 0.15) is 0 Å². The van der Waals surface area contributed by atoms with Gasteiger partial charge < -0.3 is 5.32 Å². The van der Waals surface area contributed by atoms with Crippen molar-refractivity contribution in [3.63, 3.8) is 0 Å². The summed E-state index contributed by atoms with van der Waals surface area (Å²) in [5.41, 5.74) is 0. The van der Waals surface area contributed by atoms with E-state index in [2.05, 4.69) is 5.32 Å². The molecular formula is C9H19F2N. The maximum atomic E-state index is 12.4. The highest BCUT2D eigenvalue weighted by Crippen LogP contribution is 2.18. The molecule has 0 aromatic rings. The normalized spacial score (nSPS) is 14.2. The maximum absolute atomic E-state index is 12.4. The maximum Gasteiger partial charge on any atom is 0.253 e. The molecule has 3 heteroatoms. The molecule has 0 heterocycles. The van der Waals surface area contributed by atoms with Crippen LogP contribution < -0.4 is 5.32 Å². The van der Waals surface area contributed by atoms with E-state index in [1.165, 1.54) is 0 Å².